The molecule has 0 saturated heterocycles. The first-order valence-electron chi connectivity index (χ1n) is 3.47. The normalized spacial score (nSPS) is 13.1. The van der Waals surface area contributed by atoms with E-state index in [2.05, 4.69) is 30.9 Å². The zero-order chi connectivity index (χ0) is 7.11. The van der Waals surface area contributed by atoms with Crippen LogP contribution in [0.3, 0.4) is 0 Å². The average Bonchev–Trinajstić information content (AvgIpc) is 1.85. The molecule has 2 nitrogen and oxygen atoms in total. The topological polar surface area (TPSA) is 24.4 Å². The molecule has 0 aliphatic heterocycles. The monoisotopic (exact) mass is 128 g/mol. The van der Waals surface area contributed by atoms with Crippen LogP contribution < -0.4 is 5.32 Å². The van der Waals surface area contributed by atoms with Gasteiger partial charge in [0.15, 0.2) is 0 Å². The molecule has 54 valence electrons. The van der Waals surface area contributed by atoms with E-state index in [0.29, 0.717) is 6.04 Å². The van der Waals surface area contributed by atoms with Crippen molar-refractivity contribution in [2.24, 2.45) is 4.99 Å². The summed E-state index contributed by atoms with van der Waals surface area (Å²) in [5.74, 6) is 0. The highest BCUT2D eigenvalue weighted by Gasteiger charge is 1.95. The Morgan fingerprint density at radius 3 is 2.78 bits per heavy atom. The number of rotatable bonds is 5. The zero-order valence-electron chi connectivity index (χ0n) is 6.35. The van der Waals surface area contributed by atoms with Crippen molar-refractivity contribution in [1.29, 1.82) is 0 Å². The van der Waals surface area contributed by atoms with E-state index in [9.17, 15) is 0 Å². The number of aliphatic imine (C=N–C) groups is 1. The summed E-state index contributed by atoms with van der Waals surface area (Å²) in [6.07, 6.45) is 1.09. The van der Waals surface area contributed by atoms with E-state index in [4.69, 9.17) is 0 Å². The second-order valence-electron chi connectivity index (χ2n) is 2.19. The summed E-state index contributed by atoms with van der Waals surface area (Å²) in [5, 5.41) is 3.29. The van der Waals surface area contributed by atoms with Gasteiger partial charge >= 0.3 is 0 Å². The maximum absolute atomic E-state index is 3.77. The Morgan fingerprint density at radius 2 is 2.33 bits per heavy atom. The second kappa shape index (κ2) is 5.76. The van der Waals surface area contributed by atoms with E-state index in [1.54, 1.807) is 0 Å². The molecular weight excluding hydrogens is 112 g/mol. The molecule has 0 amide bonds. The van der Waals surface area contributed by atoms with Crippen LogP contribution in [0, 0.1) is 0 Å². The molecule has 0 aromatic rings. The van der Waals surface area contributed by atoms with Crippen molar-refractivity contribution in [3.8, 4) is 0 Å². The standard InChI is InChI=1S/C7H16N2/c1-4-9-7(2)5-6-8-3/h7,9H,3-6H2,1-2H3. The largest absolute Gasteiger partial charge is 0.314 e. The first-order chi connectivity index (χ1) is 4.31. The Bertz CT molecular complexity index is 71.3. The van der Waals surface area contributed by atoms with Gasteiger partial charge in [0.05, 0.1) is 0 Å². The Morgan fingerprint density at radius 1 is 1.67 bits per heavy atom. The van der Waals surface area contributed by atoms with Crippen LogP contribution in [-0.4, -0.2) is 25.8 Å². The molecule has 0 aromatic heterocycles. The van der Waals surface area contributed by atoms with Crippen molar-refractivity contribution in [3.63, 3.8) is 0 Å². The molecule has 0 rings (SSSR count). The lowest BCUT2D eigenvalue weighted by molar-refractivity contribution is 0.538. The highest BCUT2D eigenvalue weighted by Crippen LogP contribution is 1.88. The predicted octanol–water partition coefficient (Wildman–Crippen LogP) is 1.08. The third-order valence-electron chi connectivity index (χ3n) is 1.27. The minimum atomic E-state index is 0.584. The number of nitrogens with one attached hydrogen (secondary N) is 1. The average molecular weight is 128 g/mol. The molecule has 0 aliphatic carbocycles. The summed E-state index contributed by atoms with van der Waals surface area (Å²) < 4.78 is 0. The molecule has 0 heterocycles. The van der Waals surface area contributed by atoms with E-state index in [1.807, 2.05) is 0 Å². The summed E-state index contributed by atoms with van der Waals surface area (Å²) in [7, 11) is 0. The van der Waals surface area contributed by atoms with Crippen molar-refractivity contribution >= 4 is 6.72 Å². The Kier molecular flexibility index (Phi) is 5.52. The summed E-state index contributed by atoms with van der Waals surface area (Å²) in [6.45, 7) is 9.59. The molecule has 1 unspecified atom stereocenters. The van der Waals surface area contributed by atoms with Gasteiger partial charge in [-0.1, -0.05) is 6.92 Å². The molecule has 0 bridgehead atoms. The van der Waals surface area contributed by atoms with Gasteiger partial charge in [-0.3, -0.25) is 0 Å². The first-order valence-corrected chi connectivity index (χ1v) is 3.47. The molecule has 1 N–H and O–H groups in total. The molecule has 1 atom stereocenters. The maximum Gasteiger partial charge on any atom is 0.0396 e. The summed E-state index contributed by atoms with van der Waals surface area (Å²) >= 11 is 0. The van der Waals surface area contributed by atoms with Gasteiger partial charge < -0.3 is 10.3 Å². The fourth-order valence-corrected chi connectivity index (χ4v) is 0.735. The molecule has 0 aromatic carbocycles. The molecule has 9 heavy (non-hydrogen) atoms. The second-order valence-corrected chi connectivity index (χ2v) is 2.19. The highest BCUT2D eigenvalue weighted by atomic mass is 14.9. The van der Waals surface area contributed by atoms with E-state index in [1.165, 1.54) is 0 Å². The maximum atomic E-state index is 3.77. The third-order valence-corrected chi connectivity index (χ3v) is 1.27. The van der Waals surface area contributed by atoms with Crippen LogP contribution in [0.15, 0.2) is 4.99 Å². The summed E-state index contributed by atoms with van der Waals surface area (Å²) in [4.78, 5) is 3.77. The number of nitrogens with zero attached hydrogens (tertiary/aromatic N) is 1. The lowest BCUT2D eigenvalue weighted by Crippen LogP contribution is -2.25. The first kappa shape index (κ1) is 8.63. The molecule has 0 spiro atoms. The SMILES string of the molecule is C=NCCC(C)NCC. The quantitative estimate of drug-likeness (QED) is 0.550. The predicted molar refractivity (Wildman–Crippen MR) is 42.2 cm³/mol. The van der Waals surface area contributed by atoms with Crippen molar-refractivity contribution in [2.45, 2.75) is 26.3 Å². The molecule has 0 radical (unpaired) electrons. The molecule has 2 heteroatoms. The van der Waals surface area contributed by atoms with Crippen LogP contribution in [0.25, 0.3) is 0 Å². The van der Waals surface area contributed by atoms with Gasteiger partial charge in [-0.2, -0.15) is 0 Å². The molecule has 0 fully saturated rings. The number of hydrogen-bond acceptors (Lipinski definition) is 2. The molecule has 0 saturated carbocycles. The van der Waals surface area contributed by atoms with Gasteiger partial charge in [0.1, 0.15) is 0 Å². The lowest BCUT2D eigenvalue weighted by Gasteiger charge is -2.08. The fourth-order valence-electron chi connectivity index (χ4n) is 0.735. The van der Waals surface area contributed by atoms with Crippen LogP contribution in [0.1, 0.15) is 20.3 Å². The van der Waals surface area contributed by atoms with Crippen LogP contribution in [-0.2, 0) is 0 Å². The van der Waals surface area contributed by atoms with Gasteiger partial charge in [0, 0.05) is 12.6 Å². The van der Waals surface area contributed by atoms with Crippen molar-refractivity contribution in [3.05, 3.63) is 0 Å². The zero-order valence-corrected chi connectivity index (χ0v) is 6.35. The van der Waals surface area contributed by atoms with Gasteiger partial charge in [-0.25, -0.2) is 0 Å². The minimum Gasteiger partial charge on any atom is -0.314 e. The highest BCUT2D eigenvalue weighted by molar-refractivity contribution is 5.23. The molecule has 0 aliphatic rings. The smallest absolute Gasteiger partial charge is 0.0396 e. The summed E-state index contributed by atoms with van der Waals surface area (Å²) in [6, 6.07) is 0.584. The fraction of sp³-hybridized carbons (Fsp3) is 0.857. The van der Waals surface area contributed by atoms with Gasteiger partial charge in [-0.15, -0.1) is 0 Å². The summed E-state index contributed by atoms with van der Waals surface area (Å²) in [5.41, 5.74) is 0. The molecular formula is C7H16N2. The van der Waals surface area contributed by atoms with E-state index in [0.717, 1.165) is 19.5 Å². The Labute approximate surface area is 57.4 Å². The van der Waals surface area contributed by atoms with Crippen LogP contribution >= 0.6 is 0 Å². The van der Waals surface area contributed by atoms with Crippen molar-refractivity contribution in [2.75, 3.05) is 13.1 Å². The Balaban J connectivity index is 3.04. The Hall–Kier alpha value is -0.370. The van der Waals surface area contributed by atoms with Gasteiger partial charge in [0.2, 0.25) is 0 Å². The van der Waals surface area contributed by atoms with Crippen LogP contribution in [0.5, 0.6) is 0 Å². The van der Waals surface area contributed by atoms with Gasteiger partial charge in [0.25, 0.3) is 0 Å². The van der Waals surface area contributed by atoms with E-state index < -0.39 is 0 Å². The number of hydrogen-bond donors (Lipinski definition) is 1. The lowest BCUT2D eigenvalue weighted by atomic mass is 10.2. The van der Waals surface area contributed by atoms with Crippen molar-refractivity contribution < 1.29 is 0 Å². The van der Waals surface area contributed by atoms with E-state index >= 15 is 0 Å². The third kappa shape index (κ3) is 5.50. The van der Waals surface area contributed by atoms with E-state index in [-0.39, 0.29) is 0 Å². The van der Waals surface area contributed by atoms with Gasteiger partial charge in [-0.05, 0) is 26.6 Å². The van der Waals surface area contributed by atoms with Crippen LogP contribution in [0.4, 0.5) is 0 Å². The van der Waals surface area contributed by atoms with Crippen LogP contribution in [0.2, 0.25) is 0 Å². The minimum absolute atomic E-state index is 0.584. The van der Waals surface area contributed by atoms with Crippen molar-refractivity contribution in [1.82, 2.24) is 5.32 Å².